The Kier molecular flexibility index (Phi) is 6.22. The fraction of sp³-hybridized carbons (Fsp3) is 0.433. The molecule has 1 aromatic heterocycles. The third-order valence-electron chi connectivity index (χ3n) is 7.75. The van der Waals surface area contributed by atoms with Crippen LogP contribution in [0.2, 0.25) is 0 Å². The molecule has 38 heavy (non-hydrogen) atoms. The number of fused-ring (bicyclic) bond motifs is 2. The molecule has 8 nitrogen and oxygen atoms in total. The van der Waals surface area contributed by atoms with Gasteiger partial charge in [-0.2, -0.15) is 9.97 Å². The highest BCUT2D eigenvalue weighted by atomic mass is 16.5. The summed E-state index contributed by atoms with van der Waals surface area (Å²) in [6.07, 6.45) is 1.75. The van der Waals surface area contributed by atoms with Crippen LogP contribution in [0.4, 0.5) is 0 Å². The van der Waals surface area contributed by atoms with E-state index in [4.69, 9.17) is 24.1 Å². The largest absolute Gasteiger partial charge is 0.492 e. The van der Waals surface area contributed by atoms with Crippen molar-refractivity contribution in [3.8, 4) is 28.6 Å². The van der Waals surface area contributed by atoms with E-state index < -0.39 is 5.97 Å². The zero-order valence-electron chi connectivity index (χ0n) is 22.0. The number of hydrogen-bond donors (Lipinski definition) is 1. The number of hydrogen-bond acceptors (Lipinski definition) is 7. The van der Waals surface area contributed by atoms with Crippen molar-refractivity contribution in [1.29, 1.82) is 0 Å². The maximum Gasteiger partial charge on any atom is 0.316 e. The van der Waals surface area contributed by atoms with Crippen LogP contribution >= 0.6 is 0 Å². The van der Waals surface area contributed by atoms with Gasteiger partial charge in [0, 0.05) is 28.5 Å². The van der Waals surface area contributed by atoms with E-state index in [-0.39, 0.29) is 23.9 Å². The number of carboxylic acids is 1. The summed E-state index contributed by atoms with van der Waals surface area (Å²) in [6.45, 7) is 8.49. The van der Waals surface area contributed by atoms with Crippen molar-refractivity contribution >= 4 is 5.97 Å². The summed E-state index contributed by atoms with van der Waals surface area (Å²) in [7, 11) is 0. The predicted molar refractivity (Wildman–Crippen MR) is 140 cm³/mol. The first-order chi connectivity index (χ1) is 18.3. The number of rotatable bonds is 8. The highest BCUT2D eigenvalue weighted by Gasteiger charge is 2.35. The molecule has 198 valence electrons. The summed E-state index contributed by atoms with van der Waals surface area (Å²) in [5.74, 6) is 0.504. The van der Waals surface area contributed by atoms with Gasteiger partial charge in [0.1, 0.15) is 24.2 Å². The second kappa shape index (κ2) is 9.58. The first kappa shape index (κ1) is 24.7. The van der Waals surface area contributed by atoms with Crippen LogP contribution in [-0.4, -0.2) is 47.5 Å². The molecule has 0 saturated carbocycles. The molecule has 0 spiro atoms. The predicted octanol–water partition coefficient (Wildman–Crippen LogP) is 5.19. The average molecular weight is 517 g/mol. The van der Waals surface area contributed by atoms with Crippen LogP contribution in [0.15, 0.2) is 36.4 Å². The Morgan fingerprint density at radius 1 is 1.13 bits per heavy atom. The van der Waals surface area contributed by atoms with E-state index in [1.54, 1.807) is 0 Å². The molecule has 2 aromatic carbocycles. The molecule has 1 aliphatic carbocycles. The molecule has 6 rings (SSSR count). The van der Waals surface area contributed by atoms with E-state index in [2.05, 4.69) is 35.1 Å². The first-order valence-electron chi connectivity index (χ1n) is 13.1. The minimum Gasteiger partial charge on any atom is -0.492 e. The Morgan fingerprint density at radius 3 is 2.63 bits per heavy atom. The Morgan fingerprint density at radius 2 is 1.92 bits per heavy atom. The molecule has 1 fully saturated rings. The molecule has 3 aliphatic rings. The fourth-order valence-corrected chi connectivity index (χ4v) is 5.76. The summed E-state index contributed by atoms with van der Waals surface area (Å²) in [5, 5.41) is 9.16. The zero-order valence-corrected chi connectivity index (χ0v) is 22.0. The number of carbonyl (C=O) groups is 1. The standard InChI is InChI=1S/C30H32N2O6/c1-17-28(18(2)32-29(31-17)37-16-30(3)14-35-15-30)24-6-4-5-23-22(24)9-10-25(23)38-20-7-8-21-19(11-27(33)34)13-36-26(21)12-20/h4-8,12,19,25H,9-11,13-16H2,1-3H3,(H,33,34)/t19?,25-/m1/s1. The van der Waals surface area contributed by atoms with Gasteiger partial charge in [-0.25, -0.2) is 0 Å². The molecular formula is C30H32N2O6. The first-order valence-corrected chi connectivity index (χ1v) is 13.1. The van der Waals surface area contributed by atoms with Gasteiger partial charge in [-0.3, -0.25) is 4.79 Å². The van der Waals surface area contributed by atoms with Crippen LogP contribution in [0.1, 0.15) is 59.9 Å². The number of benzene rings is 2. The average Bonchev–Trinajstić information content (AvgIpc) is 3.45. The third kappa shape index (κ3) is 4.58. The van der Waals surface area contributed by atoms with E-state index in [0.717, 1.165) is 46.7 Å². The van der Waals surface area contributed by atoms with Crippen LogP contribution < -0.4 is 14.2 Å². The molecule has 0 radical (unpaired) electrons. The van der Waals surface area contributed by atoms with Gasteiger partial charge in [0.05, 0.1) is 37.6 Å². The lowest BCUT2D eigenvalue weighted by Crippen LogP contribution is -2.44. The zero-order chi connectivity index (χ0) is 26.4. The monoisotopic (exact) mass is 516 g/mol. The number of aliphatic carboxylic acids is 1. The summed E-state index contributed by atoms with van der Waals surface area (Å²) < 4.78 is 23.5. The van der Waals surface area contributed by atoms with Crippen LogP contribution in [0.5, 0.6) is 17.5 Å². The van der Waals surface area contributed by atoms with Crippen molar-refractivity contribution in [3.05, 3.63) is 64.5 Å². The van der Waals surface area contributed by atoms with Crippen molar-refractivity contribution in [1.82, 2.24) is 9.97 Å². The van der Waals surface area contributed by atoms with Crippen LogP contribution in [0, 0.1) is 19.3 Å². The Balaban J connectivity index is 1.22. The molecule has 1 unspecified atom stereocenters. The molecule has 1 saturated heterocycles. The quantitative estimate of drug-likeness (QED) is 0.437. The summed E-state index contributed by atoms with van der Waals surface area (Å²) in [6, 6.07) is 12.5. The van der Waals surface area contributed by atoms with Crippen molar-refractivity contribution < 1.29 is 28.8 Å². The smallest absolute Gasteiger partial charge is 0.316 e. The van der Waals surface area contributed by atoms with Gasteiger partial charge in [-0.1, -0.05) is 31.2 Å². The highest BCUT2D eigenvalue weighted by Crippen LogP contribution is 2.43. The van der Waals surface area contributed by atoms with E-state index >= 15 is 0 Å². The SMILES string of the molecule is Cc1nc(OCC2(C)COC2)nc(C)c1-c1cccc2c1CC[C@H]2Oc1ccc2c(c1)OCC2CC(=O)O. The molecule has 0 bridgehead atoms. The molecule has 2 aliphatic heterocycles. The maximum absolute atomic E-state index is 11.1. The van der Waals surface area contributed by atoms with E-state index in [0.29, 0.717) is 38.2 Å². The van der Waals surface area contributed by atoms with Gasteiger partial charge in [0.2, 0.25) is 0 Å². The van der Waals surface area contributed by atoms with E-state index in [1.165, 1.54) is 11.1 Å². The molecule has 3 aromatic rings. The topological polar surface area (TPSA) is 100 Å². The van der Waals surface area contributed by atoms with Gasteiger partial charge in [0.15, 0.2) is 0 Å². The van der Waals surface area contributed by atoms with Crippen molar-refractivity contribution in [2.45, 2.75) is 52.1 Å². The number of ether oxygens (including phenoxy) is 4. The van der Waals surface area contributed by atoms with Crippen LogP contribution in [0.25, 0.3) is 11.1 Å². The number of aromatic nitrogens is 2. The van der Waals surface area contributed by atoms with E-state index in [9.17, 15) is 4.79 Å². The number of aryl methyl sites for hydroxylation is 2. The molecule has 3 heterocycles. The highest BCUT2D eigenvalue weighted by molar-refractivity contribution is 5.73. The molecule has 0 amide bonds. The minimum absolute atomic E-state index is 0.0320. The fourth-order valence-electron chi connectivity index (χ4n) is 5.76. The third-order valence-corrected chi connectivity index (χ3v) is 7.75. The van der Waals surface area contributed by atoms with Gasteiger partial charge in [0.25, 0.3) is 0 Å². The van der Waals surface area contributed by atoms with Crippen LogP contribution in [0.3, 0.4) is 0 Å². The summed E-state index contributed by atoms with van der Waals surface area (Å²) in [5.41, 5.74) is 7.38. The van der Waals surface area contributed by atoms with Gasteiger partial charge >= 0.3 is 12.0 Å². The van der Waals surface area contributed by atoms with Crippen molar-refractivity contribution in [2.24, 2.45) is 5.41 Å². The lowest BCUT2D eigenvalue weighted by atomic mass is 9.90. The number of nitrogens with zero attached hydrogens (tertiary/aromatic N) is 2. The second-order valence-corrected chi connectivity index (χ2v) is 11.0. The van der Waals surface area contributed by atoms with Gasteiger partial charge in [-0.05, 0) is 49.4 Å². The van der Waals surface area contributed by atoms with Crippen molar-refractivity contribution in [3.63, 3.8) is 0 Å². The maximum atomic E-state index is 11.1. The molecule has 1 N–H and O–H groups in total. The minimum atomic E-state index is -0.818. The van der Waals surface area contributed by atoms with Gasteiger partial charge < -0.3 is 24.1 Å². The Labute approximate surface area is 221 Å². The van der Waals surface area contributed by atoms with E-state index in [1.807, 2.05) is 32.0 Å². The lowest BCUT2D eigenvalue weighted by Gasteiger charge is -2.37. The second-order valence-electron chi connectivity index (χ2n) is 11.0. The molecule has 8 heteroatoms. The lowest BCUT2D eigenvalue weighted by molar-refractivity contribution is -0.137. The summed E-state index contributed by atoms with van der Waals surface area (Å²) in [4.78, 5) is 20.5. The van der Waals surface area contributed by atoms with Crippen LogP contribution in [-0.2, 0) is 16.0 Å². The Hall–Kier alpha value is -3.65. The number of carboxylic acid groups (broad SMARTS) is 1. The summed E-state index contributed by atoms with van der Waals surface area (Å²) >= 11 is 0. The normalized spacial score (nSPS) is 20.7. The van der Waals surface area contributed by atoms with Crippen molar-refractivity contribution in [2.75, 3.05) is 26.4 Å². The Bertz CT molecular complexity index is 1380. The molecule has 2 atom stereocenters. The van der Waals surface area contributed by atoms with Gasteiger partial charge in [-0.15, -0.1) is 0 Å². The molecular weight excluding hydrogens is 484 g/mol.